The van der Waals surface area contributed by atoms with Crippen molar-refractivity contribution in [2.24, 2.45) is 0 Å². The van der Waals surface area contributed by atoms with Crippen LogP contribution in [0.4, 0.5) is 13.9 Å². The second-order valence-corrected chi connectivity index (χ2v) is 7.65. The molecule has 0 unspecified atom stereocenters. The Morgan fingerprint density at radius 1 is 1.34 bits per heavy atom. The number of thiazole rings is 1. The number of nitrogens with one attached hydrogen (secondary N) is 1. The smallest absolute Gasteiger partial charge is 0.387 e. The molecule has 158 valence electrons. The monoisotopic (exact) mass is 427 g/mol. The summed E-state index contributed by atoms with van der Waals surface area (Å²) in [6.07, 6.45) is 0.340. The molecule has 0 bridgehead atoms. The van der Waals surface area contributed by atoms with Gasteiger partial charge in [-0.15, -0.1) is 11.3 Å². The minimum absolute atomic E-state index is 0.0494. The second-order valence-electron chi connectivity index (χ2n) is 6.79. The van der Waals surface area contributed by atoms with Crippen LogP contribution >= 0.6 is 11.3 Å². The largest absolute Gasteiger partial charge is 0.493 e. The van der Waals surface area contributed by atoms with E-state index in [1.54, 1.807) is 0 Å². The Morgan fingerprint density at radius 2 is 2.07 bits per heavy atom. The number of alkyl halides is 2. The van der Waals surface area contributed by atoms with Crippen LogP contribution in [0.2, 0.25) is 0 Å². The number of benzene rings is 1. The molecule has 7 nitrogen and oxygen atoms in total. The summed E-state index contributed by atoms with van der Waals surface area (Å²) < 4.78 is 40.0. The topological polar surface area (TPSA) is 72.9 Å². The third kappa shape index (κ3) is 5.84. The molecule has 10 heteroatoms. The van der Waals surface area contributed by atoms with E-state index < -0.39 is 12.5 Å². The van der Waals surface area contributed by atoms with Gasteiger partial charge in [0.25, 0.3) is 5.91 Å². The third-order valence-electron chi connectivity index (χ3n) is 4.29. The van der Waals surface area contributed by atoms with Gasteiger partial charge < -0.3 is 14.2 Å². The van der Waals surface area contributed by atoms with Crippen LogP contribution in [0.25, 0.3) is 0 Å². The lowest BCUT2D eigenvalue weighted by molar-refractivity contribution is -0.0707. The van der Waals surface area contributed by atoms with E-state index in [4.69, 9.17) is 9.47 Å². The van der Waals surface area contributed by atoms with Gasteiger partial charge in [0.05, 0.1) is 25.0 Å². The minimum Gasteiger partial charge on any atom is -0.493 e. The fourth-order valence-corrected chi connectivity index (χ4v) is 3.95. The standard InChI is InChI=1S/C19H23F2N3O4S/c1-11-7-24(8-12(2)27-11)9-14-10-29-19(22-14)23-17(25)13-4-5-15(28-18(20)21)16(6-13)26-3/h4-6,10-12,18H,7-9H2,1-3H3,(H,22,23,25)/t11-,12-/m0/s1. The van der Waals surface area contributed by atoms with E-state index >= 15 is 0 Å². The van der Waals surface area contributed by atoms with E-state index in [1.165, 1.54) is 36.6 Å². The molecule has 1 saturated heterocycles. The van der Waals surface area contributed by atoms with E-state index in [0.717, 1.165) is 18.8 Å². The first-order chi connectivity index (χ1) is 13.8. The maximum Gasteiger partial charge on any atom is 0.387 e. The number of carbonyl (C=O) groups is 1. The molecular formula is C19H23F2N3O4S. The summed E-state index contributed by atoms with van der Waals surface area (Å²) in [6, 6.07) is 4.01. The molecule has 3 rings (SSSR count). The van der Waals surface area contributed by atoms with Gasteiger partial charge in [-0.2, -0.15) is 8.78 Å². The van der Waals surface area contributed by atoms with Gasteiger partial charge in [0.1, 0.15) is 0 Å². The van der Waals surface area contributed by atoms with Gasteiger partial charge in [-0.3, -0.25) is 15.0 Å². The summed E-state index contributed by atoms with van der Waals surface area (Å²) in [6.45, 7) is 3.45. The van der Waals surface area contributed by atoms with Crippen molar-refractivity contribution in [3.05, 3.63) is 34.8 Å². The van der Waals surface area contributed by atoms with Gasteiger partial charge in [0, 0.05) is 30.6 Å². The van der Waals surface area contributed by atoms with E-state index in [2.05, 4.69) is 19.9 Å². The molecule has 1 aliphatic rings. The summed E-state index contributed by atoms with van der Waals surface area (Å²) in [5, 5.41) is 5.09. The highest BCUT2D eigenvalue weighted by molar-refractivity contribution is 7.13. The Labute approximate surface area is 171 Å². The summed E-state index contributed by atoms with van der Waals surface area (Å²) in [5.41, 5.74) is 1.11. The number of carbonyl (C=O) groups excluding carboxylic acids is 1. The van der Waals surface area contributed by atoms with Crippen molar-refractivity contribution in [3.8, 4) is 11.5 Å². The molecule has 0 spiro atoms. The summed E-state index contributed by atoms with van der Waals surface area (Å²) >= 11 is 1.33. The van der Waals surface area contributed by atoms with Crippen molar-refractivity contribution in [2.75, 3.05) is 25.5 Å². The Morgan fingerprint density at radius 3 is 2.72 bits per heavy atom. The molecular weight excluding hydrogens is 404 g/mol. The van der Waals surface area contributed by atoms with Gasteiger partial charge in [-0.1, -0.05) is 0 Å². The molecule has 1 fully saturated rings. The molecule has 2 atom stereocenters. The summed E-state index contributed by atoms with van der Waals surface area (Å²) in [5.74, 6) is -0.501. The fourth-order valence-electron chi connectivity index (χ4n) is 3.25. The van der Waals surface area contributed by atoms with Crippen LogP contribution in [-0.4, -0.2) is 54.8 Å². The number of hydrogen-bond donors (Lipinski definition) is 1. The van der Waals surface area contributed by atoms with Crippen molar-refractivity contribution in [1.29, 1.82) is 0 Å². The summed E-state index contributed by atoms with van der Waals surface area (Å²) in [4.78, 5) is 19.2. The van der Waals surface area contributed by atoms with Crippen molar-refractivity contribution in [3.63, 3.8) is 0 Å². The van der Waals surface area contributed by atoms with E-state index in [9.17, 15) is 13.6 Å². The SMILES string of the molecule is COc1cc(C(=O)Nc2nc(CN3C[C@H](C)O[C@@H](C)C3)cs2)ccc1OC(F)F. The molecule has 2 aromatic rings. The number of rotatable bonds is 7. The van der Waals surface area contributed by atoms with E-state index in [-0.39, 0.29) is 29.3 Å². The second kappa shape index (κ2) is 9.47. The quantitative estimate of drug-likeness (QED) is 0.728. The van der Waals surface area contributed by atoms with Gasteiger partial charge in [-0.05, 0) is 32.0 Å². The fraction of sp³-hybridized carbons (Fsp3) is 0.474. The highest BCUT2D eigenvalue weighted by Gasteiger charge is 2.23. The van der Waals surface area contributed by atoms with Crippen LogP contribution in [0, 0.1) is 0 Å². The molecule has 1 N–H and O–H groups in total. The number of nitrogens with zero attached hydrogens (tertiary/aromatic N) is 2. The lowest BCUT2D eigenvalue weighted by Gasteiger charge is -2.34. The molecule has 1 aliphatic heterocycles. The summed E-state index contributed by atoms with van der Waals surface area (Å²) in [7, 11) is 1.32. The number of hydrogen-bond acceptors (Lipinski definition) is 7. The van der Waals surface area contributed by atoms with Gasteiger partial charge in [-0.25, -0.2) is 4.98 Å². The third-order valence-corrected chi connectivity index (χ3v) is 5.10. The van der Waals surface area contributed by atoms with Crippen molar-refractivity contribution >= 4 is 22.4 Å². The maximum absolute atomic E-state index is 12.5. The Balaban J connectivity index is 1.62. The van der Waals surface area contributed by atoms with Gasteiger partial charge >= 0.3 is 6.61 Å². The Hall–Kier alpha value is -2.30. The molecule has 1 aromatic heterocycles. The number of aromatic nitrogens is 1. The Kier molecular flexibility index (Phi) is 6.99. The number of halogens is 2. The maximum atomic E-state index is 12.5. The lowest BCUT2D eigenvalue weighted by Crippen LogP contribution is -2.44. The highest BCUT2D eigenvalue weighted by atomic mass is 32.1. The van der Waals surface area contributed by atoms with Crippen LogP contribution < -0.4 is 14.8 Å². The minimum atomic E-state index is -2.98. The average Bonchev–Trinajstić information content (AvgIpc) is 3.07. The molecule has 0 saturated carbocycles. The van der Waals surface area contributed by atoms with Crippen LogP contribution in [0.1, 0.15) is 29.9 Å². The first kappa shape index (κ1) is 21.4. The lowest BCUT2D eigenvalue weighted by atomic mass is 10.2. The number of morpholine rings is 1. The van der Waals surface area contributed by atoms with Crippen LogP contribution in [0.15, 0.2) is 23.6 Å². The normalized spacial score (nSPS) is 19.9. The number of anilines is 1. The molecule has 1 aromatic carbocycles. The van der Waals surface area contributed by atoms with Gasteiger partial charge in [0.15, 0.2) is 16.6 Å². The number of amides is 1. The molecule has 1 amide bonds. The average molecular weight is 427 g/mol. The molecule has 0 aliphatic carbocycles. The predicted octanol–water partition coefficient (Wildman–Crippen LogP) is 3.61. The molecule has 29 heavy (non-hydrogen) atoms. The zero-order valence-electron chi connectivity index (χ0n) is 16.4. The number of ether oxygens (including phenoxy) is 3. The predicted molar refractivity (Wildman–Crippen MR) is 105 cm³/mol. The van der Waals surface area contributed by atoms with Crippen LogP contribution in [-0.2, 0) is 11.3 Å². The van der Waals surface area contributed by atoms with Crippen molar-refractivity contribution in [1.82, 2.24) is 9.88 Å². The van der Waals surface area contributed by atoms with E-state index in [1.807, 2.05) is 19.2 Å². The first-order valence-corrected chi connectivity index (χ1v) is 9.98. The molecule has 2 heterocycles. The first-order valence-electron chi connectivity index (χ1n) is 9.10. The van der Waals surface area contributed by atoms with Gasteiger partial charge in [0.2, 0.25) is 0 Å². The highest BCUT2D eigenvalue weighted by Crippen LogP contribution is 2.30. The van der Waals surface area contributed by atoms with Crippen molar-refractivity contribution < 1.29 is 27.8 Å². The van der Waals surface area contributed by atoms with Crippen molar-refractivity contribution in [2.45, 2.75) is 39.2 Å². The zero-order valence-corrected chi connectivity index (χ0v) is 17.2. The van der Waals surface area contributed by atoms with Crippen LogP contribution in [0.3, 0.4) is 0 Å². The Bertz CT molecular complexity index is 839. The molecule has 0 radical (unpaired) electrons. The zero-order chi connectivity index (χ0) is 21.0. The van der Waals surface area contributed by atoms with Crippen LogP contribution in [0.5, 0.6) is 11.5 Å². The number of methoxy groups -OCH3 is 1. The van der Waals surface area contributed by atoms with E-state index in [0.29, 0.717) is 11.7 Å².